The molecule has 0 aromatic rings. The van der Waals surface area contributed by atoms with E-state index >= 15 is 0 Å². The zero-order valence-corrected chi connectivity index (χ0v) is 16.6. The van der Waals surface area contributed by atoms with Crippen LogP contribution in [0.2, 0.25) is 0 Å². The molecule has 3 N–H and O–H groups in total. The lowest BCUT2D eigenvalue weighted by molar-refractivity contribution is -0.00834. The van der Waals surface area contributed by atoms with Gasteiger partial charge < -0.3 is 15.4 Å². The third-order valence-electron chi connectivity index (χ3n) is 3.94. The summed E-state index contributed by atoms with van der Waals surface area (Å²) in [5.74, 6) is 0.653. The Morgan fingerprint density at radius 2 is 1.67 bits per heavy atom. The van der Waals surface area contributed by atoms with Gasteiger partial charge in [-0.2, -0.15) is 0 Å². The molecule has 142 valence electrons. The van der Waals surface area contributed by atoms with Crippen molar-refractivity contribution >= 4 is 16.0 Å². The number of aliphatic imine (C=N–C) groups is 1. The summed E-state index contributed by atoms with van der Waals surface area (Å²) < 4.78 is 30.8. The van der Waals surface area contributed by atoms with Gasteiger partial charge in [-0.1, -0.05) is 0 Å². The number of nitrogens with one attached hydrogen (secondary N) is 3. The monoisotopic (exact) mass is 363 g/mol. The van der Waals surface area contributed by atoms with Crippen molar-refractivity contribution in [2.75, 3.05) is 52.7 Å². The molecule has 0 radical (unpaired) electrons. The van der Waals surface area contributed by atoms with Gasteiger partial charge in [0.05, 0.1) is 19.5 Å². The Labute approximate surface area is 146 Å². The van der Waals surface area contributed by atoms with E-state index in [1.165, 1.54) is 0 Å². The van der Waals surface area contributed by atoms with Crippen LogP contribution in [0.25, 0.3) is 0 Å². The fourth-order valence-corrected chi connectivity index (χ4v) is 3.72. The van der Waals surface area contributed by atoms with Gasteiger partial charge in [0, 0.05) is 44.3 Å². The van der Waals surface area contributed by atoms with Crippen LogP contribution in [0.15, 0.2) is 4.99 Å². The first-order valence-electron chi connectivity index (χ1n) is 8.21. The third kappa shape index (κ3) is 7.78. The summed E-state index contributed by atoms with van der Waals surface area (Å²) in [4.78, 5) is 6.60. The molecule has 0 atom stereocenters. The summed E-state index contributed by atoms with van der Waals surface area (Å²) >= 11 is 0. The molecule has 1 rings (SSSR count). The highest BCUT2D eigenvalue weighted by Gasteiger charge is 2.28. The minimum Gasteiger partial charge on any atom is -0.379 e. The molecule has 0 bridgehead atoms. The van der Waals surface area contributed by atoms with Crippen LogP contribution in [-0.2, 0) is 14.8 Å². The number of ether oxygens (including phenoxy) is 1. The summed E-state index contributed by atoms with van der Waals surface area (Å²) in [6.07, 6.45) is 1.16. The Balaban J connectivity index is 2.50. The SMILES string of the molecule is CN=C(NCC(C)(C)NS(C)(=O)=O)NCC(C)(C)N1CCOCC1. The number of sulfonamides is 1. The third-order valence-corrected chi connectivity index (χ3v) is 4.86. The highest BCUT2D eigenvalue weighted by Crippen LogP contribution is 2.15. The summed E-state index contributed by atoms with van der Waals surface area (Å²) in [7, 11) is -1.55. The summed E-state index contributed by atoms with van der Waals surface area (Å²) in [5.41, 5.74) is -0.632. The molecule has 1 aliphatic heterocycles. The zero-order chi connectivity index (χ0) is 18.4. The van der Waals surface area contributed by atoms with Gasteiger partial charge in [0.25, 0.3) is 0 Å². The highest BCUT2D eigenvalue weighted by atomic mass is 32.2. The van der Waals surface area contributed by atoms with E-state index in [0.29, 0.717) is 12.5 Å². The topological polar surface area (TPSA) is 95.1 Å². The van der Waals surface area contributed by atoms with Gasteiger partial charge in [-0.25, -0.2) is 13.1 Å². The summed E-state index contributed by atoms with van der Waals surface area (Å²) in [6, 6.07) is 0. The van der Waals surface area contributed by atoms with E-state index in [9.17, 15) is 8.42 Å². The molecule has 1 saturated heterocycles. The lowest BCUT2D eigenvalue weighted by Crippen LogP contribution is -2.58. The Hall–Kier alpha value is -0.900. The molecular formula is C15H33N5O3S. The first-order valence-corrected chi connectivity index (χ1v) is 10.1. The van der Waals surface area contributed by atoms with E-state index in [2.05, 4.69) is 39.1 Å². The van der Waals surface area contributed by atoms with Crippen LogP contribution in [0.3, 0.4) is 0 Å². The van der Waals surface area contributed by atoms with Crippen LogP contribution >= 0.6 is 0 Å². The first-order chi connectivity index (χ1) is 11.0. The molecule has 1 aliphatic rings. The zero-order valence-electron chi connectivity index (χ0n) is 15.8. The fraction of sp³-hybridized carbons (Fsp3) is 0.933. The van der Waals surface area contributed by atoms with Crippen molar-refractivity contribution in [3.05, 3.63) is 0 Å². The summed E-state index contributed by atoms with van der Waals surface area (Å²) in [6.45, 7) is 12.6. The molecule has 24 heavy (non-hydrogen) atoms. The van der Waals surface area contributed by atoms with Gasteiger partial charge in [0.2, 0.25) is 10.0 Å². The van der Waals surface area contributed by atoms with Crippen molar-refractivity contribution in [3.8, 4) is 0 Å². The standard InChI is InChI=1S/C15H33N5O3S/c1-14(2,19-24(6,21)22)11-17-13(16-5)18-12-15(3,4)20-7-9-23-10-8-20/h19H,7-12H2,1-6H3,(H2,16,17,18). The van der Waals surface area contributed by atoms with Gasteiger partial charge in [0.15, 0.2) is 5.96 Å². The molecule has 1 fully saturated rings. The normalized spacial score (nSPS) is 18.5. The maximum atomic E-state index is 11.4. The maximum Gasteiger partial charge on any atom is 0.209 e. The van der Waals surface area contributed by atoms with Crippen LogP contribution in [-0.4, -0.2) is 83.1 Å². The van der Waals surface area contributed by atoms with Gasteiger partial charge in [0.1, 0.15) is 0 Å². The molecular weight excluding hydrogens is 330 g/mol. The molecule has 9 heteroatoms. The van der Waals surface area contributed by atoms with Crippen molar-refractivity contribution in [2.24, 2.45) is 4.99 Å². The van der Waals surface area contributed by atoms with Crippen LogP contribution in [0.1, 0.15) is 27.7 Å². The lowest BCUT2D eigenvalue weighted by atomic mass is 10.0. The van der Waals surface area contributed by atoms with Gasteiger partial charge in [-0.15, -0.1) is 0 Å². The van der Waals surface area contributed by atoms with E-state index in [1.54, 1.807) is 7.05 Å². The number of hydrogen-bond donors (Lipinski definition) is 3. The molecule has 0 aromatic heterocycles. The van der Waals surface area contributed by atoms with Gasteiger partial charge >= 0.3 is 0 Å². The highest BCUT2D eigenvalue weighted by molar-refractivity contribution is 7.88. The van der Waals surface area contributed by atoms with Crippen LogP contribution in [0, 0.1) is 0 Å². The van der Waals surface area contributed by atoms with Crippen LogP contribution in [0.4, 0.5) is 0 Å². The van der Waals surface area contributed by atoms with Crippen molar-refractivity contribution < 1.29 is 13.2 Å². The maximum absolute atomic E-state index is 11.4. The average Bonchev–Trinajstić information content (AvgIpc) is 2.46. The molecule has 0 unspecified atom stereocenters. The van der Waals surface area contributed by atoms with Gasteiger partial charge in [-0.3, -0.25) is 9.89 Å². The van der Waals surface area contributed by atoms with Gasteiger partial charge in [-0.05, 0) is 27.7 Å². The second-order valence-corrected chi connectivity index (χ2v) is 9.20. The molecule has 0 aromatic carbocycles. The molecule has 0 aliphatic carbocycles. The average molecular weight is 364 g/mol. The quantitative estimate of drug-likeness (QED) is 0.420. The van der Waals surface area contributed by atoms with E-state index < -0.39 is 15.6 Å². The second-order valence-electron chi connectivity index (χ2n) is 7.45. The van der Waals surface area contributed by atoms with Crippen molar-refractivity contribution in [2.45, 2.75) is 38.8 Å². The smallest absolute Gasteiger partial charge is 0.209 e. The molecule has 0 amide bonds. The van der Waals surface area contributed by atoms with E-state index in [0.717, 1.165) is 39.1 Å². The largest absolute Gasteiger partial charge is 0.379 e. The number of guanidine groups is 1. The van der Waals surface area contributed by atoms with Crippen LogP contribution in [0.5, 0.6) is 0 Å². The molecule has 0 spiro atoms. The summed E-state index contributed by atoms with van der Waals surface area (Å²) in [5, 5.41) is 6.50. The second kappa shape index (κ2) is 8.46. The lowest BCUT2D eigenvalue weighted by Gasteiger charge is -2.41. The molecule has 0 saturated carbocycles. The number of hydrogen-bond acceptors (Lipinski definition) is 5. The number of morpholine rings is 1. The van der Waals surface area contributed by atoms with E-state index in [1.807, 2.05) is 13.8 Å². The van der Waals surface area contributed by atoms with E-state index in [4.69, 9.17) is 4.74 Å². The Morgan fingerprint density at radius 1 is 1.12 bits per heavy atom. The molecule has 1 heterocycles. The van der Waals surface area contributed by atoms with Crippen molar-refractivity contribution in [3.63, 3.8) is 0 Å². The van der Waals surface area contributed by atoms with Crippen molar-refractivity contribution in [1.82, 2.24) is 20.3 Å². The van der Waals surface area contributed by atoms with Crippen molar-refractivity contribution in [1.29, 1.82) is 0 Å². The minimum absolute atomic E-state index is 0.0259. The Kier molecular flexibility index (Phi) is 7.45. The predicted molar refractivity (Wildman–Crippen MR) is 97.9 cm³/mol. The fourth-order valence-electron chi connectivity index (χ4n) is 2.64. The predicted octanol–water partition coefficient (Wildman–Crippen LogP) is -0.410. The van der Waals surface area contributed by atoms with Crippen LogP contribution < -0.4 is 15.4 Å². The minimum atomic E-state index is -3.26. The first kappa shape index (κ1) is 21.1. The van der Waals surface area contributed by atoms with E-state index in [-0.39, 0.29) is 5.54 Å². The number of rotatable bonds is 7. The Bertz CT molecular complexity index is 525. The molecule has 8 nitrogen and oxygen atoms in total. The number of nitrogens with zero attached hydrogens (tertiary/aromatic N) is 2. The Morgan fingerprint density at radius 3 is 2.17 bits per heavy atom.